The van der Waals surface area contributed by atoms with E-state index in [1.807, 2.05) is 42.5 Å². The van der Waals surface area contributed by atoms with Crippen molar-refractivity contribution in [2.75, 3.05) is 35.0 Å². The van der Waals surface area contributed by atoms with Crippen molar-refractivity contribution in [1.29, 1.82) is 0 Å². The summed E-state index contributed by atoms with van der Waals surface area (Å²) in [5, 5.41) is 0. The number of para-hydroxylation sites is 2. The van der Waals surface area contributed by atoms with Gasteiger partial charge in [-0.3, -0.25) is 9.59 Å². The third-order valence-electron chi connectivity index (χ3n) is 7.90. The SMILES string of the molecule is COc1ccc(CCOc2c(OC)cccc2C2CC(=O)Oc3ccc4c(c32)OC(=Cc2cccc(OC)c2OC)C4=O)cc1. The molecule has 0 aromatic heterocycles. The fourth-order valence-corrected chi connectivity index (χ4v) is 5.72. The number of allylic oxidation sites excluding steroid dienone is 1. The second-order valence-electron chi connectivity index (χ2n) is 10.4. The van der Waals surface area contributed by atoms with Crippen LogP contribution in [-0.2, 0) is 11.2 Å². The predicted octanol–water partition coefficient (Wildman–Crippen LogP) is 6.40. The zero-order chi connectivity index (χ0) is 31.5. The normalized spacial score (nSPS) is 15.9. The Bertz CT molecular complexity index is 1790. The van der Waals surface area contributed by atoms with Crippen LogP contribution in [0.25, 0.3) is 6.08 Å². The number of esters is 1. The van der Waals surface area contributed by atoms with Crippen molar-refractivity contribution in [1.82, 2.24) is 0 Å². The molecule has 4 aromatic carbocycles. The van der Waals surface area contributed by atoms with Gasteiger partial charge in [0.25, 0.3) is 0 Å². The summed E-state index contributed by atoms with van der Waals surface area (Å²) in [6, 6.07) is 22.0. The molecule has 0 spiro atoms. The number of benzene rings is 4. The van der Waals surface area contributed by atoms with Crippen LogP contribution < -0.4 is 33.2 Å². The molecule has 230 valence electrons. The van der Waals surface area contributed by atoms with Crippen molar-refractivity contribution >= 4 is 17.8 Å². The minimum atomic E-state index is -0.527. The molecule has 0 fully saturated rings. The lowest BCUT2D eigenvalue weighted by molar-refractivity contribution is -0.135. The van der Waals surface area contributed by atoms with Crippen LogP contribution in [0, 0.1) is 0 Å². The first-order chi connectivity index (χ1) is 21.9. The molecule has 1 unspecified atom stereocenters. The average molecular weight is 609 g/mol. The molecule has 2 aliphatic heterocycles. The highest BCUT2D eigenvalue weighted by atomic mass is 16.5. The maximum absolute atomic E-state index is 13.6. The molecule has 9 heteroatoms. The smallest absolute Gasteiger partial charge is 0.312 e. The number of hydrogen-bond donors (Lipinski definition) is 0. The number of Topliss-reactive ketones (excluding diaryl/α,β-unsaturated/α-hetero) is 1. The number of ketones is 1. The van der Waals surface area contributed by atoms with E-state index in [1.54, 1.807) is 57.7 Å². The van der Waals surface area contributed by atoms with E-state index in [-0.39, 0.29) is 18.0 Å². The molecule has 1 atom stereocenters. The van der Waals surface area contributed by atoms with E-state index in [0.717, 1.165) is 16.9 Å². The van der Waals surface area contributed by atoms with E-state index in [9.17, 15) is 9.59 Å². The second kappa shape index (κ2) is 12.7. The van der Waals surface area contributed by atoms with Crippen molar-refractivity contribution in [3.63, 3.8) is 0 Å². The highest BCUT2D eigenvalue weighted by Crippen LogP contribution is 2.52. The number of carbonyl (C=O) groups excluding carboxylic acids is 2. The molecule has 0 saturated carbocycles. The van der Waals surface area contributed by atoms with Crippen molar-refractivity contribution in [2.24, 2.45) is 0 Å². The molecule has 0 radical (unpaired) electrons. The number of rotatable bonds is 10. The third-order valence-corrected chi connectivity index (χ3v) is 7.90. The molecule has 4 aromatic rings. The standard InChI is InChI=1S/C36H32O9/c1-39-23-13-11-21(12-14-23)17-18-43-35-24(8-6-10-29(35)41-3)26-20-31(37)44-27-16-15-25-33(38)30(45-36(25)32(26)27)19-22-7-5-9-28(40-2)34(22)42-4/h5-16,19,26H,17-18,20H2,1-4H3. The van der Waals surface area contributed by atoms with Gasteiger partial charge >= 0.3 is 5.97 Å². The molecule has 0 aliphatic carbocycles. The Kier molecular flexibility index (Phi) is 8.33. The van der Waals surface area contributed by atoms with Crippen molar-refractivity contribution in [3.8, 4) is 40.2 Å². The van der Waals surface area contributed by atoms with Crippen LogP contribution in [0.1, 0.15) is 45.0 Å². The summed E-state index contributed by atoms with van der Waals surface area (Å²) < 4.78 is 40.2. The van der Waals surface area contributed by atoms with Crippen LogP contribution in [0.3, 0.4) is 0 Å². The molecule has 2 heterocycles. The van der Waals surface area contributed by atoms with Gasteiger partial charge in [0.05, 0.1) is 47.0 Å². The molecule has 0 saturated heterocycles. The molecule has 45 heavy (non-hydrogen) atoms. The fraction of sp³-hybridized carbons (Fsp3) is 0.222. The van der Waals surface area contributed by atoms with E-state index in [0.29, 0.717) is 64.2 Å². The Morgan fingerprint density at radius 2 is 1.51 bits per heavy atom. The number of fused-ring (bicyclic) bond motifs is 3. The summed E-state index contributed by atoms with van der Waals surface area (Å²) in [5.41, 5.74) is 3.38. The summed E-state index contributed by atoms with van der Waals surface area (Å²) in [6.07, 6.45) is 2.28. The lowest BCUT2D eigenvalue weighted by atomic mass is 9.84. The topological polar surface area (TPSA) is 98.8 Å². The largest absolute Gasteiger partial charge is 0.497 e. The molecule has 9 nitrogen and oxygen atoms in total. The van der Waals surface area contributed by atoms with Crippen LogP contribution in [0.5, 0.6) is 40.2 Å². The maximum Gasteiger partial charge on any atom is 0.312 e. The molecule has 2 aliphatic rings. The van der Waals surface area contributed by atoms with Gasteiger partial charge in [-0.15, -0.1) is 0 Å². The molecule has 0 N–H and O–H groups in total. The predicted molar refractivity (Wildman–Crippen MR) is 166 cm³/mol. The zero-order valence-corrected chi connectivity index (χ0v) is 25.4. The first-order valence-electron chi connectivity index (χ1n) is 14.4. The molecule has 0 bridgehead atoms. The average Bonchev–Trinajstić information content (AvgIpc) is 3.38. The van der Waals surface area contributed by atoms with E-state index >= 15 is 0 Å². The quantitative estimate of drug-likeness (QED) is 0.115. The highest BCUT2D eigenvalue weighted by Gasteiger charge is 2.40. The minimum absolute atomic E-state index is 0.0196. The van der Waals surface area contributed by atoms with Crippen LogP contribution in [-0.4, -0.2) is 46.8 Å². The fourth-order valence-electron chi connectivity index (χ4n) is 5.72. The van der Waals surface area contributed by atoms with Gasteiger partial charge in [0, 0.05) is 29.0 Å². The number of hydrogen-bond acceptors (Lipinski definition) is 9. The van der Waals surface area contributed by atoms with E-state index in [1.165, 1.54) is 7.11 Å². The molecular formula is C36H32O9. The summed E-state index contributed by atoms with van der Waals surface area (Å²) in [4.78, 5) is 26.5. The molecular weight excluding hydrogens is 576 g/mol. The van der Waals surface area contributed by atoms with Gasteiger partial charge in [-0.25, -0.2) is 0 Å². The maximum atomic E-state index is 13.6. The third kappa shape index (κ3) is 5.64. The number of ether oxygens (including phenoxy) is 7. The molecule has 6 rings (SSSR count). The van der Waals surface area contributed by atoms with E-state index in [4.69, 9.17) is 33.2 Å². The van der Waals surface area contributed by atoms with Crippen LogP contribution in [0.4, 0.5) is 0 Å². The summed E-state index contributed by atoms with van der Waals surface area (Å²) >= 11 is 0. The van der Waals surface area contributed by atoms with Crippen LogP contribution >= 0.6 is 0 Å². The zero-order valence-electron chi connectivity index (χ0n) is 25.4. The minimum Gasteiger partial charge on any atom is -0.497 e. The summed E-state index contributed by atoms with van der Waals surface area (Å²) in [7, 11) is 6.28. The Labute approximate surface area is 260 Å². The lowest BCUT2D eigenvalue weighted by Gasteiger charge is -2.28. The van der Waals surface area contributed by atoms with Crippen molar-refractivity contribution in [3.05, 3.63) is 106 Å². The van der Waals surface area contributed by atoms with Crippen LogP contribution in [0.2, 0.25) is 0 Å². The van der Waals surface area contributed by atoms with Crippen molar-refractivity contribution in [2.45, 2.75) is 18.8 Å². The Hall–Kier alpha value is -5.44. The lowest BCUT2D eigenvalue weighted by Crippen LogP contribution is -2.22. The van der Waals surface area contributed by atoms with Gasteiger partial charge in [0.1, 0.15) is 17.2 Å². The summed E-state index contributed by atoms with van der Waals surface area (Å²) in [5.74, 6) is 2.38. The van der Waals surface area contributed by atoms with E-state index in [2.05, 4.69) is 0 Å². The Morgan fingerprint density at radius 3 is 2.22 bits per heavy atom. The Balaban J connectivity index is 1.37. The van der Waals surface area contributed by atoms with Crippen LogP contribution in [0.15, 0.2) is 78.6 Å². The highest BCUT2D eigenvalue weighted by molar-refractivity contribution is 6.15. The van der Waals surface area contributed by atoms with Gasteiger partial charge in [-0.1, -0.05) is 36.4 Å². The van der Waals surface area contributed by atoms with Crippen molar-refractivity contribution < 1.29 is 42.7 Å². The number of methoxy groups -OCH3 is 4. The monoisotopic (exact) mass is 608 g/mol. The first kappa shape index (κ1) is 29.6. The number of carbonyl (C=O) groups is 2. The van der Waals surface area contributed by atoms with Gasteiger partial charge in [0.15, 0.2) is 28.8 Å². The van der Waals surface area contributed by atoms with Gasteiger partial charge in [-0.2, -0.15) is 0 Å². The van der Waals surface area contributed by atoms with Gasteiger partial charge in [0.2, 0.25) is 5.78 Å². The Morgan fingerprint density at radius 1 is 0.778 bits per heavy atom. The molecule has 0 amide bonds. The van der Waals surface area contributed by atoms with Gasteiger partial charge < -0.3 is 33.2 Å². The second-order valence-corrected chi connectivity index (χ2v) is 10.4. The van der Waals surface area contributed by atoms with E-state index < -0.39 is 11.9 Å². The summed E-state index contributed by atoms with van der Waals surface area (Å²) in [6.45, 7) is 0.362. The first-order valence-corrected chi connectivity index (χ1v) is 14.4. The van der Waals surface area contributed by atoms with Gasteiger partial charge in [-0.05, 0) is 48.0 Å².